The summed E-state index contributed by atoms with van der Waals surface area (Å²) in [7, 11) is 0. The molecule has 0 aliphatic carbocycles. The lowest BCUT2D eigenvalue weighted by Gasteiger charge is -2.18. The molecule has 3 nitrogen and oxygen atoms in total. The summed E-state index contributed by atoms with van der Waals surface area (Å²) in [6.45, 7) is 0. The Morgan fingerprint density at radius 2 is 0.865 bits per heavy atom. The molecule has 0 amide bonds. The number of nitrogens with zero attached hydrogens (tertiary/aromatic N) is 3. The largest absolute Gasteiger partial charge is 0.264 e. The van der Waals surface area contributed by atoms with Crippen molar-refractivity contribution in [2.45, 2.75) is 0 Å². The molecular formula is C49H29N3. The topological polar surface area (TPSA) is 38.7 Å². The average Bonchev–Trinajstić information content (AvgIpc) is 3.22. The monoisotopic (exact) mass is 659 g/mol. The molecule has 11 aromatic rings. The van der Waals surface area contributed by atoms with Gasteiger partial charge in [0, 0.05) is 40.9 Å². The van der Waals surface area contributed by atoms with Gasteiger partial charge in [-0.25, -0.2) is 0 Å². The van der Waals surface area contributed by atoms with Crippen molar-refractivity contribution < 1.29 is 0 Å². The van der Waals surface area contributed by atoms with E-state index in [0.717, 1.165) is 27.2 Å². The lowest BCUT2D eigenvalue weighted by atomic mass is 9.85. The third kappa shape index (κ3) is 4.50. The van der Waals surface area contributed by atoms with Crippen LogP contribution in [0.3, 0.4) is 0 Å². The molecule has 0 fully saturated rings. The van der Waals surface area contributed by atoms with E-state index in [-0.39, 0.29) is 0 Å². The van der Waals surface area contributed by atoms with Gasteiger partial charge in [-0.3, -0.25) is 15.0 Å². The highest BCUT2D eigenvalue weighted by Crippen LogP contribution is 2.44. The first kappa shape index (κ1) is 28.8. The maximum atomic E-state index is 4.58. The Morgan fingerprint density at radius 1 is 0.308 bits per heavy atom. The third-order valence-electron chi connectivity index (χ3n) is 10.8. The fourth-order valence-electron chi connectivity index (χ4n) is 8.27. The SMILES string of the molecule is c1cnc2ccc(-c3cc(-c4ccc5ncccc5c4)cc(-c4ccc5ccc6c(-c7cccc8cnccc78)ccc7ccc4c5c76)c3)cc2c1. The first-order chi connectivity index (χ1) is 25.7. The number of rotatable bonds is 4. The minimum absolute atomic E-state index is 0.996. The number of benzene rings is 8. The van der Waals surface area contributed by atoms with Crippen LogP contribution in [0.15, 0.2) is 176 Å². The van der Waals surface area contributed by atoms with Gasteiger partial charge < -0.3 is 0 Å². The molecule has 3 heterocycles. The maximum Gasteiger partial charge on any atom is 0.0702 e. The van der Waals surface area contributed by atoms with Crippen LogP contribution in [0.25, 0.3) is 109 Å². The first-order valence-electron chi connectivity index (χ1n) is 17.6. The van der Waals surface area contributed by atoms with Crippen molar-refractivity contribution in [3.63, 3.8) is 0 Å². The van der Waals surface area contributed by atoms with E-state index in [2.05, 4.69) is 154 Å². The summed E-state index contributed by atoms with van der Waals surface area (Å²) >= 11 is 0. The van der Waals surface area contributed by atoms with E-state index >= 15 is 0 Å². The van der Waals surface area contributed by atoms with Crippen molar-refractivity contribution in [3.8, 4) is 44.5 Å². The molecule has 0 unspecified atom stereocenters. The van der Waals surface area contributed by atoms with E-state index in [1.807, 2.05) is 36.9 Å². The van der Waals surface area contributed by atoms with Crippen LogP contribution in [0.2, 0.25) is 0 Å². The molecule has 11 rings (SSSR count). The van der Waals surface area contributed by atoms with Crippen LogP contribution in [0, 0.1) is 0 Å². The van der Waals surface area contributed by atoms with Crippen LogP contribution in [-0.4, -0.2) is 15.0 Å². The smallest absolute Gasteiger partial charge is 0.0702 e. The Labute approximate surface area is 299 Å². The summed E-state index contributed by atoms with van der Waals surface area (Å²) < 4.78 is 0. The average molecular weight is 660 g/mol. The van der Waals surface area contributed by atoms with E-state index in [1.54, 1.807) is 0 Å². The molecule has 0 bridgehead atoms. The minimum Gasteiger partial charge on any atom is -0.264 e. The molecule has 0 spiro atoms. The Hall–Kier alpha value is -6.97. The van der Waals surface area contributed by atoms with Gasteiger partial charge in [-0.15, -0.1) is 0 Å². The zero-order valence-corrected chi connectivity index (χ0v) is 28.1. The minimum atomic E-state index is 0.996. The lowest BCUT2D eigenvalue weighted by molar-refractivity contribution is 1.36. The van der Waals surface area contributed by atoms with Gasteiger partial charge in [0.1, 0.15) is 0 Å². The van der Waals surface area contributed by atoms with Gasteiger partial charge >= 0.3 is 0 Å². The van der Waals surface area contributed by atoms with Crippen molar-refractivity contribution in [2.75, 3.05) is 0 Å². The fraction of sp³-hybridized carbons (Fsp3) is 0. The Kier molecular flexibility index (Phi) is 6.25. The molecule has 240 valence electrons. The highest BCUT2D eigenvalue weighted by molar-refractivity contribution is 6.28. The number of hydrogen-bond acceptors (Lipinski definition) is 3. The normalized spacial score (nSPS) is 11.8. The van der Waals surface area contributed by atoms with Crippen LogP contribution in [0.5, 0.6) is 0 Å². The molecule has 0 saturated carbocycles. The number of pyridine rings is 3. The summed E-state index contributed by atoms with van der Waals surface area (Å²) in [5, 5.41) is 12.2. The van der Waals surface area contributed by atoms with Gasteiger partial charge in [-0.1, -0.05) is 91.0 Å². The van der Waals surface area contributed by atoms with E-state index in [9.17, 15) is 0 Å². The fourth-order valence-corrected chi connectivity index (χ4v) is 8.27. The molecular weight excluding hydrogens is 631 g/mol. The van der Waals surface area contributed by atoms with Gasteiger partial charge in [0.05, 0.1) is 11.0 Å². The summed E-state index contributed by atoms with van der Waals surface area (Å²) in [5.74, 6) is 0. The van der Waals surface area contributed by atoms with Gasteiger partial charge in [0.15, 0.2) is 0 Å². The van der Waals surface area contributed by atoms with Gasteiger partial charge in [0.25, 0.3) is 0 Å². The third-order valence-corrected chi connectivity index (χ3v) is 10.8. The second-order valence-electron chi connectivity index (χ2n) is 13.7. The van der Waals surface area contributed by atoms with E-state index in [0.29, 0.717) is 0 Å². The maximum absolute atomic E-state index is 4.58. The second kappa shape index (κ2) is 11.3. The van der Waals surface area contributed by atoms with Crippen molar-refractivity contribution in [3.05, 3.63) is 176 Å². The van der Waals surface area contributed by atoms with Gasteiger partial charge in [-0.2, -0.15) is 0 Å². The van der Waals surface area contributed by atoms with Crippen LogP contribution >= 0.6 is 0 Å². The lowest BCUT2D eigenvalue weighted by Crippen LogP contribution is -1.91. The molecule has 0 radical (unpaired) electrons. The van der Waals surface area contributed by atoms with E-state index < -0.39 is 0 Å². The zero-order valence-electron chi connectivity index (χ0n) is 28.1. The number of fused-ring (bicyclic) bond motifs is 3. The molecule has 0 N–H and O–H groups in total. The molecule has 3 aromatic heterocycles. The molecule has 3 heteroatoms. The van der Waals surface area contributed by atoms with Gasteiger partial charge in [-0.05, 0) is 143 Å². The standard InChI is InChI=1S/C49H29N3/c1-4-36-29-50-23-20-41(36)42(7-1)43-15-9-31-10-16-44-40(14-8-30-11-17-45(43)49(31)48(30)44)39-27-37(32-12-18-46-34(24-32)5-2-21-51-46)26-38(28-39)33-13-19-47-35(25-33)6-3-22-52-47/h1-29H. The molecule has 0 aliphatic rings. The van der Waals surface area contributed by atoms with Crippen LogP contribution in [0.4, 0.5) is 0 Å². The highest BCUT2D eigenvalue weighted by Gasteiger charge is 2.17. The molecule has 0 atom stereocenters. The van der Waals surface area contributed by atoms with E-state index in [1.165, 1.54) is 82.2 Å². The van der Waals surface area contributed by atoms with Crippen LogP contribution in [-0.2, 0) is 0 Å². The first-order valence-corrected chi connectivity index (χ1v) is 17.6. The van der Waals surface area contributed by atoms with Crippen LogP contribution < -0.4 is 0 Å². The molecule has 0 aliphatic heterocycles. The quantitative estimate of drug-likeness (QED) is 0.177. The summed E-state index contributed by atoms with van der Waals surface area (Å²) in [4.78, 5) is 13.5. The van der Waals surface area contributed by atoms with Crippen molar-refractivity contribution in [2.24, 2.45) is 0 Å². The van der Waals surface area contributed by atoms with Crippen molar-refractivity contribution >= 4 is 64.9 Å². The summed E-state index contributed by atoms with van der Waals surface area (Å²) in [5.41, 5.74) is 11.5. The molecule has 0 saturated heterocycles. The Balaban J connectivity index is 1.16. The summed E-state index contributed by atoms with van der Waals surface area (Å²) in [6, 6.07) is 55.5. The Morgan fingerprint density at radius 3 is 1.54 bits per heavy atom. The molecule has 52 heavy (non-hydrogen) atoms. The molecule has 8 aromatic carbocycles. The van der Waals surface area contributed by atoms with Gasteiger partial charge in [0.2, 0.25) is 0 Å². The highest BCUT2D eigenvalue weighted by atomic mass is 14.6. The predicted octanol–water partition coefficient (Wildman–Crippen LogP) is 12.9. The van der Waals surface area contributed by atoms with Crippen molar-refractivity contribution in [1.29, 1.82) is 0 Å². The summed E-state index contributed by atoms with van der Waals surface area (Å²) in [6.07, 6.45) is 7.55. The number of hydrogen-bond donors (Lipinski definition) is 0. The predicted molar refractivity (Wildman–Crippen MR) is 218 cm³/mol. The van der Waals surface area contributed by atoms with Crippen LogP contribution in [0.1, 0.15) is 0 Å². The second-order valence-corrected chi connectivity index (χ2v) is 13.7. The van der Waals surface area contributed by atoms with E-state index in [4.69, 9.17) is 0 Å². The van der Waals surface area contributed by atoms with Crippen molar-refractivity contribution in [1.82, 2.24) is 15.0 Å². The zero-order chi connectivity index (χ0) is 34.2. The number of aromatic nitrogens is 3. The Bertz CT molecular complexity index is 3090.